The first-order valence-corrected chi connectivity index (χ1v) is 10.6. The molecule has 1 aliphatic heterocycles. The van der Waals surface area contributed by atoms with Crippen LogP contribution in [-0.4, -0.2) is 50.2 Å². The van der Waals surface area contributed by atoms with Crippen LogP contribution < -0.4 is 10.1 Å². The number of hydrogen-bond donors (Lipinski definition) is 2. The molecule has 2 aromatic carbocycles. The van der Waals surface area contributed by atoms with E-state index in [1.54, 1.807) is 7.11 Å². The molecule has 1 saturated heterocycles. The van der Waals surface area contributed by atoms with Crippen molar-refractivity contribution in [1.29, 1.82) is 0 Å². The Bertz CT molecular complexity index is 975. The van der Waals surface area contributed by atoms with Crippen LogP contribution in [0, 0.1) is 5.41 Å². The summed E-state index contributed by atoms with van der Waals surface area (Å²) in [7, 11) is 3.76. The topological polar surface area (TPSA) is 40.3 Å². The molecule has 1 atom stereocenters. The number of likely N-dealkylation sites (tertiary alicyclic amines) is 1. The van der Waals surface area contributed by atoms with Gasteiger partial charge in [0, 0.05) is 36.1 Å². The maximum Gasteiger partial charge on any atom is 0.128 e. The number of likely N-dealkylation sites (N-methyl/N-ethyl adjacent to an activating group) is 1. The van der Waals surface area contributed by atoms with Crippen LogP contribution in [0.5, 0.6) is 5.75 Å². The zero-order valence-electron chi connectivity index (χ0n) is 18.1. The molecule has 1 fully saturated rings. The largest absolute Gasteiger partial charge is 0.496 e. The van der Waals surface area contributed by atoms with Gasteiger partial charge in [0.15, 0.2) is 0 Å². The van der Waals surface area contributed by atoms with Gasteiger partial charge in [0.1, 0.15) is 5.75 Å². The van der Waals surface area contributed by atoms with Crippen molar-refractivity contribution in [2.24, 2.45) is 5.41 Å². The van der Waals surface area contributed by atoms with Crippen molar-refractivity contribution in [3.05, 3.63) is 54.1 Å². The van der Waals surface area contributed by atoms with Crippen molar-refractivity contribution in [3.63, 3.8) is 0 Å². The van der Waals surface area contributed by atoms with Gasteiger partial charge in [-0.15, -0.1) is 0 Å². The number of aromatic amines is 1. The van der Waals surface area contributed by atoms with Crippen LogP contribution in [0.15, 0.2) is 48.5 Å². The lowest BCUT2D eigenvalue weighted by atomic mass is 9.70. The van der Waals surface area contributed by atoms with Crippen LogP contribution >= 0.6 is 0 Å². The number of aromatic nitrogens is 1. The summed E-state index contributed by atoms with van der Waals surface area (Å²) >= 11 is 0. The highest BCUT2D eigenvalue weighted by Crippen LogP contribution is 2.43. The maximum atomic E-state index is 5.55. The summed E-state index contributed by atoms with van der Waals surface area (Å²) in [5.74, 6) is 1.48. The van der Waals surface area contributed by atoms with Crippen LogP contribution in [0.25, 0.3) is 22.2 Å². The van der Waals surface area contributed by atoms with Crippen molar-refractivity contribution in [2.45, 2.75) is 26.2 Å². The Labute approximate surface area is 174 Å². The Morgan fingerprint density at radius 2 is 2.00 bits per heavy atom. The van der Waals surface area contributed by atoms with Gasteiger partial charge in [-0.1, -0.05) is 32.0 Å². The number of methoxy groups -OCH3 is 1. The second-order valence-electron chi connectivity index (χ2n) is 8.94. The van der Waals surface area contributed by atoms with Gasteiger partial charge in [-0.05, 0) is 67.2 Å². The molecule has 0 spiro atoms. The number of piperidine rings is 1. The number of nitrogens with one attached hydrogen (secondary N) is 2. The molecular formula is C25H33N3O. The van der Waals surface area contributed by atoms with Crippen LogP contribution in [0.4, 0.5) is 0 Å². The van der Waals surface area contributed by atoms with Crippen molar-refractivity contribution in [1.82, 2.24) is 15.2 Å². The van der Waals surface area contributed by atoms with Crippen molar-refractivity contribution >= 4 is 10.9 Å². The highest BCUT2D eigenvalue weighted by molar-refractivity contribution is 5.87. The maximum absolute atomic E-state index is 5.55. The Morgan fingerprint density at radius 1 is 1.17 bits per heavy atom. The minimum absolute atomic E-state index is 0.265. The molecule has 0 saturated carbocycles. The Hall–Kier alpha value is -2.30. The van der Waals surface area contributed by atoms with E-state index in [-0.39, 0.29) is 5.41 Å². The minimum Gasteiger partial charge on any atom is -0.496 e. The van der Waals surface area contributed by atoms with Gasteiger partial charge in [0.2, 0.25) is 0 Å². The fourth-order valence-corrected chi connectivity index (χ4v) is 4.93. The lowest BCUT2D eigenvalue weighted by molar-refractivity contribution is 0.0942. The summed E-state index contributed by atoms with van der Waals surface area (Å²) < 4.78 is 5.55. The predicted octanol–water partition coefficient (Wildman–Crippen LogP) is 4.88. The van der Waals surface area contributed by atoms with Gasteiger partial charge in [0.25, 0.3) is 0 Å². The van der Waals surface area contributed by atoms with Gasteiger partial charge in [-0.3, -0.25) is 0 Å². The van der Waals surface area contributed by atoms with E-state index in [0.717, 1.165) is 36.6 Å². The van der Waals surface area contributed by atoms with Gasteiger partial charge >= 0.3 is 0 Å². The molecular weight excluding hydrogens is 358 g/mol. The monoisotopic (exact) mass is 391 g/mol. The van der Waals surface area contributed by atoms with Gasteiger partial charge in [-0.25, -0.2) is 0 Å². The summed E-state index contributed by atoms with van der Waals surface area (Å²) in [5, 5.41) is 4.55. The third-order valence-electron chi connectivity index (χ3n) is 6.43. The summed E-state index contributed by atoms with van der Waals surface area (Å²) in [5.41, 5.74) is 5.11. The second kappa shape index (κ2) is 8.21. The SMILES string of the molecule is CNCCN1CCC(c2ccc3[nH]c(-c4ccccc4OC)cc3c2)C(C)(C)C1. The molecule has 0 radical (unpaired) electrons. The Morgan fingerprint density at radius 3 is 2.76 bits per heavy atom. The fourth-order valence-electron chi connectivity index (χ4n) is 4.93. The molecule has 1 aromatic heterocycles. The number of nitrogens with zero attached hydrogens (tertiary/aromatic N) is 1. The highest BCUT2D eigenvalue weighted by atomic mass is 16.5. The lowest BCUT2D eigenvalue weighted by Crippen LogP contribution is -2.46. The number of benzene rings is 2. The van der Waals surface area contributed by atoms with Crippen LogP contribution in [-0.2, 0) is 0 Å². The van der Waals surface area contributed by atoms with Crippen LogP contribution in [0.2, 0.25) is 0 Å². The minimum atomic E-state index is 0.265. The number of hydrogen-bond acceptors (Lipinski definition) is 3. The van der Waals surface area contributed by atoms with E-state index in [9.17, 15) is 0 Å². The normalized spacial score (nSPS) is 19.5. The van der Waals surface area contributed by atoms with E-state index in [2.05, 4.69) is 65.4 Å². The molecule has 4 rings (SSSR count). The summed E-state index contributed by atoms with van der Waals surface area (Å²) in [6.07, 6.45) is 1.21. The molecule has 2 N–H and O–H groups in total. The molecule has 29 heavy (non-hydrogen) atoms. The zero-order chi connectivity index (χ0) is 20.4. The number of fused-ring (bicyclic) bond motifs is 1. The quantitative estimate of drug-likeness (QED) is 0.629. The van der Waals surface area contributed by atoms with E-state index in [1.807, 2.05) is 19.2 Å². The average Bonchev–Trinajstić information content (AvgIpc) is 3.14. The Balaban J connectivity index is 1.61. The molecule has 4 heteroatoms. The zero-order valence-corrected chi connectivity index (χ0v) is 18.1. The Kier molecular flexibility index (Phi) is 5.66. The van der Waals surface area contributed by atoms with Crippen LogP contribution in [0.1, 0.15) is 31.7 Å². The third kappa shape index (κ3) is 4.05. The molecule has 2 heterocycles. The van der Waals surface area contributed by atoms with Crippen molar-refractivity contribution < 1.29 is 4.74 Å². The smallest absolute Gasteiger partial charge is 0.128 e. The fraction of sp³-hybridized carbons (Fsp3) is 0.440. The number of para-hydroxylation sites is 1. The number of rotatable bonds is 6. The highest BCUT2D eigenvalue weighted by Gasteiger charge is 2.36. The third-order valence-corrected chi connectivity index (χ3v) is 6.43. The molecule has 0 aliphatic carbocycles. The van der Waals surface area contributed by atoms with Gasteiger partial charge < -0.3 is 19.9 Å². The van der Waals surface area contributed by atoms with Gasteiger partial charge in [-0.2, -0.15) is 0 Å². The van der Waals surface area contributed by atoms with E-state index in [0.29, 0.717) is 5.92 Å². The molecule has 4 nitrogen and oxygen atoms in total. The van der Waals surface area contributed by atoms with Crippen molar-refractivity contribution in [2.75, 3.05) is 40.3 Å². The molecule has 154 valence electrons. The summed E-state index contributed by atoms with van der Waals surface area (Å²) in [6, 6.07) is 17.4. The molecule has 0 amide bonds. The number of ether oxygens (including phenoxy) is 1. The van der Waals surface area contributed by atoms with Crippen LogP contribution in [0.3, 0.4) is 0 Å². The first-order chi connectivity index (χ1) is 14.0. The molecule has 0 bridgehead atoms. The summed E-state index contributed by atoms with van der Waals surface area (Å²) in [4.78, 5) is 6.17. The number of H-pyrrole nitrogens is 1. The molecule has 1 aliphatic rings. The first-order valence-electron chi connectivity index (χ1n) is 10.6. The average molecular weight is 392 g/mol. The summed E-state index contributed by atoms with van der Waals surface area (Å²) in [6.45, 7) is 9.35. The standard InChI is InChI=1S/C25H33N3O/c1-25(2)17-28(14-12-26-3)13-11-21(25)18-9-10-22-19(15-18)16-23(27-22)20-7-5-6-8-24(20)29-4/h5-10,15-16,21,26-27H,11-14,17H2,1-4H3. The van der Waals surface area contributed by atoms with E-state index >= 15 is 0 Å². The first kappa shape index (κ1) is 20.0. The van der Waals surface area contributed by atoms with Crippen molar-refractivity contribution in [3.8, 4) is 17.0 Å². The van der Waals surface area contributed by atoms with E-state index in [1.165, 1.54) is 29.4 Å². The molecule has 1 unspecified atom stereocenters. The second-order valence-corrected chi connectivity index (χ2v) is 8.94. The molecule has 3 aromatic rings. The van der Waals surface area contributed by atoms with Gasteiger partial charge in [0.05, 0.1) is 12.8 Å². The predicted molar refractivity (Wildman–Crippen MR) is 122 cm³/mol. The lowest BCUT2D eigenvalue weighted by Gasteiger charge is -2.44. The van der Waals surface area contributed by atoms with E-state index < -0.39 is 0 Å². The van der Waals surface area contributed by atoms with E-state index in [4.69, 9.17) is 4.74 Å².